The van der Waals surface area contributed by atoms with Gasteiger partial charge in [0.1, 0.15) is 18.1 Å². The van der Waals surface area contributed by atoms with Crippen LogP contribution in [0.4, 0.5) is 0 Å². The van der Waals surface area contributed by atoms with Gasteiger partial charge in [-0.15, -0.1) is 0 Å². The predicted octanol–water partition coefficient (Wildman–Crippen LogP) is -3.68. The molecular formula is C19H37N7O7. The second-order valence-electron chi connectivity index (χ2n) is 8.07. The first kappa shape index (κ1) is 30.0. The Morgan fingerprint density at radius 3 is 1.82 bits per heavy atom. The average molecular weight is 476 g/mol. The lowest BCUT2D eigenvalue weighted by Crippen LogP contribution is -2.60. The molecule has 0 aromatic carbocycles. The number of nitrogens with one attached hydrogen (secondary N) is 3. The molecule has 190 valence electrons. The van der Waals surface area contributed by atoms with E-state index in [0.717, 1.165) is 0 Å². The van der Waals surface area contributed by atoms with E-state index in [4.69, 9.17) is 22.3 Å². The van der Waals surface area contributed by atoms with Crippen molar-refractivity contribution in [3.05, 3.63) is 0 Å². The van der Waals surface area contributed by atoms with Gasteiger partial charge in [-0.3, -0.25) is 19.4 Å². The third-order valence-corrected chi connectivity index (χ3v) is 4.69. The van der Waals surface area contributed by atoms with Crippen molar-refractivity contribution >= 4 is 29.7 Å². The summed E-state index contributed by atoms with van der Waals surface area (Å²) in [6.07, 6.45) is -2.17. The van der Waals surface area contributed by atoms with Gasteiger partial charge < -0.3 is 48.5 Å². The van der Waals surface area contributed by atoms with Crippen molar-refractivity contribution in [3.63, 3.8) is 0 Å². The molecule has 3 amide bonds. The summed E-state index contributed by atoms with van der Waals surface area (Å²) in [6.45, 7) is 5.94. The highest BCUT2D eigenvalue weighted by atomic mass is 16.4. The number of hydrogen-bond acceptors (Lipinski definition) is 8. The minimum absolute atomic E-state index is 0.0821. The van der Waals surface area contributed by atoms with E-state index >= 15 is 0 Å². The maximum atomic E-state index is 12.9. The molecule has 14 heteroatoms. The van der Waals surface area contributed by atoms with Crippen LogP contribution in [0.15, 0.2) is 4.99 Å². The van der Waals surface area contributed by atoms with Crippen molar-refractivity contribution in [1.82, 2.24) is 16.0 Å². The fourth-order valence-electron chi connectivity index (χ4n) is 2.68. The number of carboxylic acid groups (broad SMARTS) is 1. The van der Waals surface area contributed by atoms with Crippen LogP contribution in [0.3, 0.4) is 0 Å². The number of guanidine groups is 1. The number of hydrogen-bond donors (Lipinski definition) is 9. The number of carbonyl (C=O) groups is 4. The minimum Gasteiger partial charge on any atom is -0.480 e. The van der Waals surface area contributed by atoms with Gasteiger partial charge >= 0.3 is 5.97 Å². The van der Waals surface area contributed by atoms with Gasteiger partial charge in [0.25, 0.3) is 0 Å². The SMILES string of the molecule is CC(C)C(NC(=O)C(CCCN=C(N)N)NC(=O)C(N)C(C)O)C(=O)NC(C(=O)O)C(C)O. The highest BCUT2D eigenvalue weighted by molar-refractivity contribution is 5.94. The molecule has 0 spiro atoms. The van der Waals surface area contributed by atoms with Gasteiger partial charge in [-0.25, -0.2) is 4.79 Å². The number of carboxylic acids is 1. The summed E-state index contributed by atoms with van der Waals surface area (Å²) in [6, 6.07) is -5.17. The first-order valence-corrected chi connectivity index (χ1v) is 10.5. The van der Waals surface area contributed by atoms with Crippen molar-refractivity contribution in [2.45, 2.75) is 76.9 Å². The monoisotopic (exact) mass is 475 g/mol. The van der Waals surface area contributed by atoms with Crippen molar-refractivity contribution in [1.29, 1.82) is 0 Å². The van der Waals surface area contributed by atoms with E-state index in [9.17, 15) is 29.4 Å². The van der Waals surface area contributed by atoms with Crippen LogP contribution in [0.1, 0.15) is 40.5 Å². The molecule has 0 aromatic rings. The molecule has 0 saturated carbocycles. The Balaban J connectivity index is 5.52. The Kier molecular flexibility index (Phi) is 13.0. The second kappa shape index (κ2) is 14.2. The van der Waals surface area contributed by atoms with E-state index in [2.05, 4.69) is 20.9 Å². The number of nitrogens with zero attached hydrogens (tertiary/aromatic N) is 1. The lowest BCUT2D eigenvalue weighted by atomic mass is 10.0. The molecule has 0 radical (unpaired) electrons. The molecule has 0 saturated heterocycles. The fourth-order valence-corrected chi connectivity index (χ4v) is 2.68. The van der Waals surface area contributed by atoms with Gasteiger partial charge in [0, 0.05) is 6.54 Å². The topological polar surface area (TPSA) is 255 Å². The number of aliphatic imine (C=N–C) groups is 1. The van der Waals surface area contributed by atoms with E-state index in [1.165, 1.54) is 13.8 Å². The lowest BCUT2D eigenvalue weighted by Gasteiger charge is -2.27. The fraction of sp³-hybridized carbons (Fsp3) is 0.737. The van der Waals surface area contributed by atoms with Gasteiger partial charge in [0.2, 0.25) is 17.7 Å². The molecule has 0 fully saturated rings. The molecule has 6 unspecified atom stereocenters. The number of rotatable bonds is 14. The molecule has 0 aliphatic carbocycles. The van der Waals surface area contributed by atoms with Crippen LogP contribution < -0.4 is 33.2 Å². The van der Waals surface area contributed by atoms with Crippen LogP contribution in [0.25, 0.3) is 0 Å². The Labute approximate surface area is 192 Å². The summed E-state index contributed by atoms with van der Waals surface area (Å²) < 4.78 is 0. The smallest absolute Gasteiger partial charge is 0.328 e. The molecule has 12 N–H and O–H groups in total. The van der Waals surface area contributed by atoms with Crippen LogP contribution in [0.2, 0.25) is 0 Å². The highest BCUT2D eigenvalue weighted by Crippen LogP contribution is 2.07. The molecular weight excluding hydrogens is 438 g/mol. The lowest BCUT2D eigenvalue weighted by molar-refractivity contribution is -0.145. The number of aliphatic hydroxyl groups is 2. The van der Waals surface area contributed by atoms with E-state index < -0.39 is 66.0 Å². The van der Waals surface area contributed by atoms with Crippen LogP contribution in [0, 0.1) is 5.92 Å². The predicted molar refractivity (Wildman–Crippen MR) is 120 cm³/mol. The first-order chi connectivity index (χ1) is 15.2. The van der Waals surface area contributed by atoms with E-state index in [-0.39, 0.29) is 18.9 Å². The van der Waals surface area contributed by atoms with E-state index in [0.29, 0.717) is 6.42 Å². The summed E-state index contributed by atoms with van der Waals surface area (Å²) in [5.41, 5.74) is 16.2. The Bertz CT molecular complexity index is 709. The van der Waals surface area contributed by atoms with Crippen LogP contribution in [-0.4, -0.2) is 87.9 Å². The van der Waals surface area contributed by atoms with Gasteiger partial charge in [-0.2, -0.15) is 0 Å². The zero-order chi connectivity index (χ0) is 25.9. The molecule has 0 aliphatic heterocycles. The molecule has 33 heavy (non-hydrogen) atoms. The summed E-state index contributed by atoms with van der Waals surface area (Å²) in [5.74, 6) is -4.38. The largest absolute Gasteiger partial charge is 0.480 e. The number of amides is 3. The van der Waals surface area contributed by atoms with Gasteiger partial charge in [0.15, 0.2) is 12.0 Å². The number of aliphatic carboxylic acids is 1. The summed E-state index contributed by atoms with van der Waals surface area (Å²) in [4.78, 5) is 52.9. The standard InChI is InChI=1S/C19H37N7O7/c1-8(2)13(17(31)26-14(10(4)28)18(32)33)25-15(29)11(6-5-7-23-19(21)22)24-16(30)12(20)9(3)27/h8-14,27-28H,5-7,20H2,1-4H3,(H,24,30)(H,25,29)(H,26,31)(H,32,33)(H4,21,22,23). The molecule has 0 rings (SSSR count). The van der Waals surface area contributed by atoms with E-state index in [1.54, 1.807) is 13.8 Å². The highest BCUT2D eigenvalue weighted by Gasteiger charge is 2.33. The number of carbonyl (C=O) groups excluding carboxylic acids is 3. The third-order valence-electron chi connectivity index (χ3n) is 4.69. The number of aliphatic hydroxyl groups excluding tert-OH is 2. The van der Waals surface area contributed by atoms with E-state index in [1.807, 2.05) is 0 Å². The van der Waals surface area contributed by atoms with Crippen molar-refractivity contribution < 1.29 is 34.5 Å². The van der Waals surface area contributed by atoms with Gasteiger partial charge in [-0.05, 0) is 32.6 Å². The van der Waals surface area contributed by atoms with Gasteiger partial charge in [0.05, 0.1) is 12.2 Å². The van der Waals surface area contributed by atoms with Crippen LogP contribution >= 0.6 is 0 Å². The Morgan fingerprint density at radius 1 is 0.848 bits per heavy atom. The quantitative estimate of drug-likeness (QED) is 0.0675. The molecule has 0 heterocycles. The zero-order valence-electron chi connectivity index (χ0n) is 19.3. The third kappa shape index (κ3) is 10.9. The maximum absolute atomic E-state index is 12.9. The van der Waals surface area contributed by atoms with Crippen LogP contribution in [-0.2, 0) is 19.2 Å². The molecule has 0 aromatic heterocycles. The maximum Gasteiger partial charge on any atom is 0.328 e. The molecule has 6 atom stereocenters. The second-order valence-corrected chi connectivity index (χ2v) is 8.07. The molecule has 0 bridgehead atoms. The summed E-state index contributed by atoms with van der Waals surface area (Å²) >= 11 is 0. The zero-order valence-corrected chi connectivity index (χ0v) is 19.3. The Morgan fingerprint density at radius 2 is 1.39 bits per heavy atom. The van der Waals surface area contributed by atoms with Crippen molar-refractivity contribution in [2.24, 2.45) is 28.1 Å². The normalized spacial score (nSPS) is 16.5. The van der Waals surface area contributed by atoms with Gasteiger partial charge in [-0.1, -0.05) is 13.8 Å². The minimum atomic E-state index is -1.57. The first-order valence-electron chi connectivity index (χ1n) is 10.5. The average Bonchev–Trinajstić information content (AvgIpc) is 2.70. The number of nitrogens with two attached hydrogens (primary N) is 3. The van der Waals surface area contributed by atoms with Crippen molar-refractivity contribution in [3.8, 4) is 0 Å². The van der Waals surface area contributed by atoms with Crippen LogP contribution in [0.5, 0.6) is 0 Å². The molecule has 0 aliphatic rings. The molecule has 14 nitrogen and oxygen atoms in total. The summed E-state index contributed by atoms with van der Waals surface area (Å²) in [7, 11) is 0. The van der Waals surface area contributed by atoms with Crippen molar-refractivity contribution in [2.75, 3.05) is 6.54 Å². The summed E-state index contributed by atoms with van der Waals surface area (Å²) in [5, 5.41) is 35.4. The Hall–Kier alpha value is -2.97.